The Kier molecular flexibility index (Phi) is 3.66. The second-order valence-electron chi connectivity index (χ2n) is 4.47. The van der Waals surface area contributed by atoms with Gasteiger partial charge in [-0.05, 0) is 25.7 Å². The lowest BCUT2D eigenvalue weighted by molar-refractivity contribution is 0.447. The topological polar surface area (TPSA) is 67.1 Å². The summed E-state index contributed by atoms with van der Waals surface area (Å²) >= 11 is 0. The van der Waals surface area contributed by atoms with Gasteiger partial charge in [-0.3, -0.25) is 0 Å². The third kappa shape index (κ3) is 2.60. The van der Waals surface area contributed by atoms with Crippen LogP contribution in [-0.4, -0.2) is 29.6 Å². The van der Waals surface area contributed by atoms with Crippen molar-refractivity contribution >= 4 is 17.6 Å². The predicted octanol–water partition coefficient (Wildman–Crippen LogP) is 1.87. The summed E-state index contributed by atoms with van der Waals surface area (Å²) in [4.78, 5) is 10.8. The maximum Gasteiger partial charge on any atom is 0.223 e. The van der Waals surface area contributed by atoms with Crippen molar-refractivity contribution in [3.05, 3.63) is 6.07 Å². The van der Waals surface area contributed by atoms with E-state index in [-0.39, 0.29) is 0 Å². The summed E-state index contributed by atoms with van der Waals surface area (Å²) in [6, 6.07) is 2.56. The fourth-order valence-corrected chi connectivity index (χ4v) is 2.45. The smallest absolute Gasteiger partial charge is 0.223 e. The van der Waals surface area contributed by atoms with Crippen molar-refractivity contribution in [2.45, 2.75) is 38.6 Å². The first-order valence-electron chi connectivity index (χ1n) is 6.33. The third-order valence-corrected chi connectivity index (χ3v) is 3.38. The summed E-state index contributed by atoms with van der Waals surface area (Å²) in [6.07, 6.45) is 4.94. The van der Waals surface area contributed by atoms with Crippen LogP contribution in [0.25, 0.3) is 0 Å². The summed E-state index contributed by atoms with van der Waals surface area (Å²) in [5.74, 6) is 2.08. The summed E-state index contributed by atoms with van der Waals surface area (Å²) in [6.45, 7) is 3.30. The van der Waals surface area contributed by atoms with Crippen molar-refractivity contribution in [2.24, 2.45) is 0 Å². The van der Waals surface area contributed by atoms with E-state index in [2.05, 4.69) is 27.1 Å². The Bertz CT molecular complexity index is 379. The molecule has 1 aliphatic rings. The van der Waals surface area contributed by atoms with Crippen molar-refractivity contribution < 1.29 is 0 Å². The van der Waals surface area contributed by atoms with Crippen LogP contribution >= 0.6 is 0 Å². The van der Waals surface area contributed by atoms with Crippen LogP contribution in [0.4, 0.5) is 17.6 Å². The van der Waals surface area contributed by atoms with Gasteiger partial charge in [0.15, 0.2) is 0 Å². The number of nitrogens with zero attached hydrogens (tertiary/aromatic N) is 3. The Morgan fingerprint density at radius 2 is 2.29 bits per heavy atom. The maximum absolute atomic E-state index is 5.74. The zero-order valence-corrected chi connectivity index (χ0v) is 10.6. The SMILES string of the molecule is CCC1CCCCN1c1cc(NC)nc(N)n1. The average Bonchev–Trinajstić information content (AvgIpc) is 2.37. The average molecular weight is 235 g/mol. The molecule has 17 heavy (non-hydrogen) atoms. The molecular formula is C12H21N5. The second kappa shape index (κ2) is 5.21. The fourth-order valence-electron chi connectivity index (χ4n) is 2.45. The molecular weight excluding hydrogens is 214 g/mol. The van der Waals surface area contributed by atoms with Gasteiger partial charge in [-0.2, -0.15) is 9.97 Å². The molecule has 0 saturated carbocycles. The molecule has 3 N–H and O–H groups in total. The van der Waals surface area contributed by atoms with Gasteiger partial charge in [-0.15, -0.1) is 0 Å². The van der Waals surface area contributed by atoms with Gasteiger partial charge in [0.05, 0.1) is 0 Å². The molecule has 0 spiro atoms. The number of nitrogens with two attached hydrogens (primary N) is 1. The summed E-state index contributed by atoms with van der Waals surface area (Å²) in [7, 11) is 1.85. The number of hydrogen-bond donors (Lipinski definition) is 2. The largest absolute Gasteiger partial charge is 0.373 e. The number of nitrogens with one attached hydrogen (secondary N) is 1. The number of hydrogen-bond acceptors (Lipinski definition) is 5. The van der Waals surface area contributed by atoms with Crippen molar-refractivity contribution in [2.75, 3.05) is 29.5 Å². The molecule has 2 heterocycles. The number of aromatic nitrogens is 2. The monoisotopic (exact) mass is 235 g/mol. The molecule has 0 radical (unpaired) electrons. The molecule has 1 saturated heterocycles. The minimum atomic E-state index is 0.340. The first-order valence-corrected chi connectivity index (χ1v) is 6.33. The Balaban J connectivity index is 2.27. The summed E-state index contributed by atoms with van der Waals surface area (Å²) < 4.78 is 0. The zero-order chi connectivity index (χ0) is 12.3. The van der Waals surface area contributed by atoms with E-state index < -0.39 is 0 Å². The number of nitrogen functional groups attached to an aromatic ring is 1. The van der Waals surface area contributed by atoms with Crippen LogP contribution in [0.2, 0.25) is 0 Å². The lowest BCUT2D eigenvalue weighted by Crippen LogP contribution is -2.39. The van der Waals surface area contributed by atoms with Crippen molar-refractivity contribution in [1.82, 2.24) is 9.97 Å². The van der Waals surface area contributed by atoms with Crippen LogP contribution < -0.4 is 16.0 Å². The molecule has 1 aromatic rings. The lowest BCUT2D eigenvalue weighted by Gasteiger charge is -2.36. The molecule has 1 aliphatic heterocycles. The lowest BCUT2D eigenvalue weighted by atomic mass is 10.0. The molecule has 0 amide bonds. The van der Waals surface area contributed by atoms with E-state index in [0.29, 0.717) is 12.0 Å². The normalized spacial score (nSPS) is 20.4. The number of piperidine rings is 1. The third-order valence-electron chi connectivity index (χ3n) is 3.38. The van der Waals surface area contributed by atoms with E-state index in [1.165, 1.54) is 19.3 Å². The standard InChI is InChI=1S/C12H21N5/c1-3-9-6-4-5-7-17(9)11-8-10(14-2)15-12(13)16-11/h8-9H,3-7H2,1-2H3,(H3,13,14,15,16). The van der Waals surface area contributed by atoms with Gasteiger partial charge in [-0.25, -0.2) is 0 Å². The molecule has 0 bridgehead atoms. The van der Waals surface area contributed by atoms with E-state index in [1.807, 2.05) is 13.1 Å². The van der Waals surface area contributed by atoms with Gasteiger partial charge < -0.3 is 16.0 Å². The highest BCUT2D eigenvalue weighted by atomic mass is 15.2. The van der Waals surface area contributed by atoms with Gasteiger partial charge in [0.2, 0.25) is 5.95 Å². The van der Waals surface area contributed by atoms with Gasteiger partial charge in [0.25, 0.3) is 0 Å². The van der Waals surface area contributed by atoms with Crippen LogP contribution in [0.3, 0.4) is 0 Å². The van der Waals surface area contributed by atoms with Crippen molar-refractivity contribution in [3.8, 4) is 0 Å². The summed E-state index contributed by atoms with van der Waals surface area (Å²) in [5, 5.41) is 3.02. The Morgan fingerprint density at radius 1 is 1.47 bits per heavy atom. The molecule has 1 fully saturated rings. The quantitative estimate of drug-likeness (QED) is 0.837. The molecule has 0 aliphatic carbocycles. The van der Waals surface area contributed by atoms with Gasteiger partial charge in [-0.1, -0.05) is 6.92 Å². The minimum Gasteiger partial charge on any atom is -0.373 e. The Hall–Kier alpha value is -1.52. The van der Waals surface area contributed by atoms with Gasteiger partial charge in [0, 0.05) is 25.7 Å². The van der Waals surface area contributed by atoms with Gasteiger partial charge in [0.1, 0.15) is 11.6 Å². The first-order chi connectivity index (χ1) is 8.24. The van der Waals surface area contributed by atoms with Crippen LogP contribution in [0.15, 0.2) is 6.07 Å². The molecule has 94 valence electrons. The molecule has 5 nitrogen and oxygen atoms in total. The number of anilines is 3. The molecule has 0 aromatic carbocycles. The van der Waals surface area contributed by atoms with Crippen LogP contribution in [0.1, 0.15) is 32.6 Å². The molecule has 1 aromatic heterocycles. The van der Waals surface area contributed by atoms with Crippen molar-refractivity contribution in [1.29, 1.82) is 0 Å². The molecule has 2 rings (SSSR count). The fraction of sp³-hybridized carbons (Fsp3) is 0.667. The van der Waals surface area contributed by atoms with E-state index in [1.54, 1.807) is 0 Å². The van der Waals surface area contributed by atoms with E-state index in [4.69, 9.17) is 5.73 Å². The Morgan fingerprint density at radius 3 is 3.00 bits per heavy atom. The summed E-state index contributed by atoms with van der Waals surface area (Å²) in [5.41, 5.74) is 5.74. The van der Waals surface area contributed by atoms with E-state index >= 15 is 0 Å². The number of rotatable bonds is 3. The molecule has 5 heteroatoms. The molecule has 1 atom stereocenters. The minimum absolute atomic E-state index is 0.340. The van der Waals surface area contributed by atoms with E-state index in [0.717, 1.165) is 24.6 Å². The van der Waals surface area contributed by atoms with Crippen LogP contribution in [-0.2, 0) is 0 Å². The predicted molar refractivity (Wildman–Crippen MR) is 71.3 cm³/mol. The highest BCUT2D eigenvalue weighted by Crippen LogP contribution is 2.26. The Labute approximate surface area is 102 Å². The maximum atomic E-state index is 5.74. The van der Waals surface area contributed by atoms with E-state index in [9.17, 15) is 0 Å². The molecule has 1 unspecified atom stereocenters. The zero-order valence-electron chi connectivity index (χ0n) is 10.6. The highest BCUT2D eigenvalue weighted by molar-refractivity contribution is 5.53. The van der Waals surface area contributed by atoms with Crippen LogP contribution in [0, 0.1) is 0 Å². The first kappa shape index (κ1) is 12.0. The highest BCUT2D eigenvalue weighted by Gasteiger charge is 2.22. The van der Waals surface area contributed by atoms with Crippen LogP contribution in [0.5, 0.6) is 0 Å². The van der Waals surface area contributed by atoms with Gasteiger partial charge >= 0.3 is 0 Å². The second-order valence-corrected chi connectivity index (χ2v) is 4.47. The van der Waals surface area contributed by atoms with Crippen molar-refractivity contribution in [3.63, 3.8) is 0 Å².